The van der Waals surface area contributed by atoms with E-state index in [1.54, 1.807) is 48.7 Å². The second kappa shape index (κ2) is 5.76. The topological polar surface area (TPSA) is 63.4 Å². The molecule has 0 saturated carbocycles. The molecule has 1 aliphatic rings. The number of halogens is 1. The fraction of sp³-hybridized carbons (Fsp3) is 0.125. The van der Waals surface area contributed by atoms with E-state index < -0.39 is 10.0 Å². The summed E-state index contributed by atoms with van der Waals surface area (Å²) in [7, 11) is -3.65. The van der Waals surface area contributed by atoms with E-state index in [1.807, 2.05) is 6.08 Å². The van der Waals surface area contributed by atoms with Gasteiger partial charge in [-0.3, -0.25) is 0 Å². The maximum atomic E-state index is 12.8. The zero-order chi connectivity index (χ0) is 15.7. The van der Waals surface area contributed by atoms with Crippen LogP contribution >= 0.6 is 11.6 Å². The van der Waals surface area contributed by atoms with Crippen LogP contribution in [0.5, 0.6) is 0 Å². The van der Waals surface area contributed by atoms with Crippen LogP contribution < -0.4 is 10.0 Å². The third-order valence-electron chi connectivity index (χ3n) is 3.57. The first-order chi connectivity index (χ1) is 10.5. The van der Waals surface area contributed by atoms with Crippen LogP contribution in [0.1, 0.15) is 11.1 Å². The summed E-state index contributed by atoms with van der Waals surface area (Å²) in [6, 6.07) is 11.8. The summed E-state index contributed by atoms with van der Waals surface area (Å²) in [5.74, 6) is 0. The van der Waals surface area contributed by atoms with Crippen LogP contribution in [0.15, 0.2) is 59.6 Å². The monoisotopic (exact) mass is 334 g/mol. The Bertz CT molecular complexity index is 830. The van der Waals surface area contributed by atoms with Gasteiger partial charge >= 0.3 is 0 Å². The Morgan fingerprint density at radius 3 is 2.55 bits per heavy atom. The van der Waals surface area contributed by atoms with Gasteiger partial charge in [0.25, 0.3) is 10.0 Å². The Hall–Kier alpha value is -1.82. The predicted octanol–water partition coefficient (Wildman–Crippen LogP) is 3.06. The van der Waals surface area contributed by atoms with Gasteiger partial charge in [-0.1, -0.05) is 29.8 Å². The Morgan fingerprint density at radius 2 is 1.86 bits per heavy atom. The summed E-state index contributed by atoms with van der Waals surface area (Å²) in [5, 5.41) is 0.596. The molecule has 1 aliphatic heterocycles. The number of fused-ring (bicyclic) bond motifs is 1. The molecule has 0 aliphatic carbocycles. The summed E-state index contributed by atoms with van der Waals surface area (Å²) < 4.78 is 27.0. The maximum Gasteiger partial charge on any atom is 0.268 e. The van der Waals surface area contributed by atoms with Crippen molar-refractivity contribution in [3.8, 4) is 0 Å². The van der Waals surface area contributed by atoms with E-state index in [0.29, 0.717) is 23.7 Å². The van der Waals surface area contributed by atoms with E-state index in [1.165, 1.54) is 4.31 Å². The van der Waals surface area contributed by atoms with Crippen LogP contribution in [0.25, 0.3) is 0 Å². The molecule has 2 aromatic rings. The van der Waals surface area contributed by atoms with Crippen molar-refractivity contribution < 1.29 is 8.42 Å². The van der Waals surface area contributed by atoms with Gasteiger partial charge in [-0.05, 0) is 47.9 Å². The minimum absolute atomic E-state index is 0.233. The first-order valence-corrected chi connectivity index (χ1v) is 8.63. The van der Waals surface area contributed by atoms with Gasteiger partial charge < -0.3 is 5.73 Å². The number of allylic oxidation sites excluding steroid dienone is 1. The van der Waals surface area contributed by atoms with E-state index in [0.717, 1.165) is 11.1 Å². The molecule has 3 rings (SSSR count). The van der Waals surface area contributed by atoms with Crippen LogP contribution in [-0.2, 0) is 23.0 Å². The van der Waals surface area contributed by atoms with E-state index in [2.05, 4.69) is 0 Å². The third kappa shape index (κ3) is 2.63. The van der Waals surface area contributed by atoms with Crippen molar-refractivity contribution in [3.63, 3.8) is 0 Å². The summed E-state index contributed by atoms with van der Waals surface area (Å²) in [4.78, 5) is 0.233. The SMILES string of the molecule is NCc1ccc(S(=O)(=O)N2C=CCc3cc(Cl)ccc32)cc1. The fourth-order valence-corrected chi connectivity index (χ4v) is 3.99. The fourth-order valence-electron chi connectivity index (χ4n) is 2.41. The Labute approximate surface area is 134 Å². The third-order valence-corrected chi connectivity index (χ3v) is 5.51. The minimum atomic E-state index is -3.65. The van der Waals surface area contributed by atoms with Crippen molar-refractivity contribution in [1.82, 2.24) is 0 Å². The average molecular weight is 335 g/mol. The molecule has 0 bridgehead atoms. The van der Waals surface area contributed by atoms with Crippen molar-refractivity contribution >= 4 is 27.3 Å². The number of benzene rings is 2. The van der Waals surface area contributed by atoms with Crippen molar-refractivity contribution in [3.05, 3.63) is 70.9 Å². The van der Waals surface area contributed by atoms with Gasteiger partial charge in [0.15, 0.2) is 0 Å². The van der Waals surface area contributed by atoms with Gasteiger partial charge in [0.05, 0.1) is 10.6 Å². The van der Waals surface area contributed by atoms with Crippen molar-refractivity contribution in [2.75, 3.05) is 4.31 Å². The number of nitrogens with zero attached hydrogens (tertiary/aromatic N) is 1. The molecule has 6 heteroatoms. The lowest BCUT2D eigenvalue weighted by Crippen LogP contribution is -2.28. The number of hydrogen-bond acceptors (Lipinski definition) is 3. The lowest BCUT2D eigenvalue weighted by Gasteiger charge is -2.26. The Morgan fingerprint density at radius 1 is 1.14 bits per heavy atom. The molecular weight excluding hydrogens is 320 g/mol. The summed E-state index contributed by atoms with van der Waals surface area (Å²) in [5.41, 5.74) is 7.96. The minimum Gasteiger partial charge on any atom is -0.326 e. The van der Waals surface area contributed by atoms with Gasteiger partial charge in [-0.2, -0.15) is 0 Å². The number of hydrogen-bond donors (Lipinski definition) is 1. The second-order valence-corrected chi connectivity index (χ2v) is 7.26. The van der Waals surface area contributed by atoms with E-state index in [4.69, 9.17) is 17.3 Å². The first kappa shape index (κ1) is 15.1. The standard InChI is InChI=1S/C16H15ClN2O2S/c17-14-5-8-16-13(10-14)2-1-9-19(16)22(20,21)15-6-3-12(11-18)4-7-15/h1,3-10H,2,11,18H2. The van der Waals surface area contributed by atoms with Gasteiger partial charge in [0, 0.05) is 17.8 Å². The van der Waals surface area contributed by atoms with Gasteiger partial charge in [0.2, 0.25) is 0 Å². The molecule has 1 heterocycles. The van der Waals surface area contributed by atoms with Crippen molar-refractivity contribution in [2.45, 2.75) is 17.9 Å². The largest absolute Gasteiger partial charge is 0.326 e. The summed E-state index contributed by atoms with van der Waals surface area (Å²) in [6.45, 7) is 0.380. The van der Waals surface area contributed by atoms with Crippen LogP contribution in [0.3, 0.4) is 0 Å². The van der Waals surface area contributed by atoms with E-state index >= 15 is 0 Å². The molecule has 2 N–H and O–H groups in total. The van der Waals surface area contributed by atoms with Crippen LogP contribution in [0.2, 0.25) is 5.02 Å². The molecule has 0 spiro atoms. The number of nitrogens with two attached hydrogens (primary N) is 1. The van der Waals surface area contributed by atoms with Crippen molar-refractivity contribution in [1.29, 1.82) is 0 Å². The van der Waals surface area contributed by atoms with Crippen molar-refractivity contribution in [2.24, 2.45) is 5.73 Å². The number of anilines is 1. The molecule has 2 aromatic carbocycles. The zero-order valence-electron chi connectivity index (χ0n) is 11.7. The molecule has 0 unspecified atom stereocenters. The highest BCUT2D eigenvalue weighted by atomic mass is 35.5. The molecule has 0 saturated heterocycles. The molecule has 22 heavy (non-hydrogen) atoms. The quantitative estimate of drug-likeness (QED) is 0.938. The predicted molar refractivity (Wildman–Crippen MR) is 88.3 cm³/mol. The molecule has 0 atom stereocenters. The Balaban J connectivity index is 2.05. The summed E-state index contributed by atoms with van der Waals surface area (Å²) in [6.07, 6.45) is 4.06. The normalized spacial score (nSPS) is 14.0. The average Bonchev–Trinajstić information content (AvgIpc) is 2.54. The first-order valence-electron chi connectivity index (χ1n) is 6.81. The van der Waals surface area contributed by atoms with Crippen LogP contribution in [-0.4, -0.2) is 8.42 Å². The van der Waals surface area contributed by atoms with E-state index in [9.17, 15) is 8.42 Å². The number of sulfonamides is 1. The van der Waals surface area contributed by atoms with E-state index in [-0.39, 0.29) is 4.90 Å². The highest BCUT2D eigenvalue weighted by Gasteiger charge is 2.26. The number of rotatable bonds is 3. The van der Waals surface area contributed by atoms with Gasteiger partial charge in [0.1, 0.15) is 0 Å². The molecule has 0 fully saturated rings. The van der Waals surface area contributed by atoms with Crippen LogP contribution in [0, 0.1) is 0 Å². The smallest absolute Gasteiger partial charge is 0.268 e. The lowest BCUT2D eigenvalue weighted by molar-refractivity contribution is 0.595. The van der Waals surface area contributed by atoms with Gasteiger partial charge in [-0.25, -0.2) is 12.7 Å². The molecule has 0 amide bonds. The molecule has 0 aromatic heterocycles. The summed E-state index contributed by atoms with van der Waals surface area (Å²) >= 11 is 5.99. The maximum absolute atomic E-state index is 12.8. The molecule has 4 nitrogen and oxygen atoms in total. The molecular formula is C16H15ClN2O2S. The zero-order valence-corrected chi connectivity index (χ0v) is 13.3. The Kier molecular flexibility index (Phi) is 3.95. The van der Waals surface area contributed by atoms with Gasteiger partial charge in [-0.15, -0.1) is 0 Å². The highest BCUT2D eigenvalue weighted by molar-refractivity contribution is 7.93. The second-order valence-electron chi connectivity index (χ2n) is 5.01. The van der Waals surface area contributed by atoms with Crippen LogP contribution in [0.4, 0.5) is 5.69 Å². The lowest BCUT2D eigenvalue weighted by atomic mass is 10.1. The molecule has 0 radical (unpaired) electrons. The molecule has 114 valence electrons. The highest BCUT2D eigenvalue weighted by Crippen LogP contribution is 2.32.